The Bertz CT molecular complexity index is 901. The number of hydrazine groups is 1. The number of hydrogen-bond acceptors (Lipinski definition) is 4. The summed E-state index contributed by atoms with van der Waals surface area (Å²) < 4.78 is 29.6. The minimum Gasteiger partial charge on any atom is -0.483 e. The Morgan fingerprint density at radius 3 is 2.48 bits per heavy atom. The Balaban J connectivity index is 1.94. The van der Waals surface area contributed by atoms with Crippen LogP contribution in [0, 0.1) is 13.8 Å². The zero-order valence-corrected chi connectivity index (χ0v) is 15.8. The van der Waals surface area contributed by atoms with Crippen molar-refractivity contribution >= 4 is 39.1 Å². The summed E-state index contributed by atoms with van der Waals surface area (Å²) in [5.41, 5.74) is 3.94. The molecule has 2 aromatic carbocycles. The third kappa shape index (κ3) is 5.34. The van der Waals surface area contributed by atoms with Gasteiger partial charge in [-0.15, -0.1) is 4.83 Å². The molecule has 6 nitrogen and oxygen atoms in total. The van der Waals surface area contributed by atoms with Crippen molar-refractivity contribution in [3.05, 3.63) is 57.6 Å². The maximum absolute atomic E-state index is 12.1. The molecule has 0 aliphatic carbocycles. The fraction of sp³-hybridized carbons (Fsp3) is 0.188. The SMILES string of the molecule is Cc1ccc(C)c(OCC(=O)NNS(=O)(=O)c2ccc(Cl)c(Cl)c2)c1. The molecule has 25 heavy (non-hydrogen) atoms. The minimum atomic E-state index is -3.97. The van der Waals surface area contributed by atoms with E-state index in [1.54, 1.807) is 6.07 Å². The van der Waals surface area contributed by atoms with Crippen LogP contribution in [0.5, 0.6) is 5.75 Å². The van der Waals surface area contributed by atoms with Gasteiger partial charge >= 0.3 is 0 Å². The lowest BCUT2D eigenvalue weighted by atomic mass is 10.1. The molecule has 0 aromatic heterocycles. The molecule has 0 aliphatic heterocycles. The van der Waals surface area contributed by atoms with Gasteiger partial charge in [0.15, 0.2) is 6.61 Å². The van der Waals surface area contributed by atoms with Gasteiger partial charge in [-0.05, 0) is 49.2 Å². The highest BCUT2D eigenvalue weighted by molar-refractivity contribution is 7.89. The monoisotopic (exact) mass is 402 g/mol. The first-order chi connectivity index (χ1) is 11.7. The van der Waals surface area contributed by atoms with E-state index >= 15 is 0 Å². The van der Waals surface area contributed by atoms with E-state index in [-0.39, 0.29) is 21.5 Å². The molecule has 0 atom stereocenters. The molecular formula is C16H16Cl2N2O4S. The fourth-order valence-corrected chi connectivity index (χ4v) is 3.12. The van der Waals surface area contributed by atoms with Crippen LogP contribution in [-0.2, 0) is 14.8 Å². The van der Waals surface area contributed by atoms with Gasteiger partial charge in [0, 0.05) is 0 Å². The van der Waals surface area contributed by atoms with Gasteiger partial charge < -0.3 is 4.74 Å². The Morgan fingerprint density at radius 2 is 1.80 bits per heavy atom. The summed E-state index contributed by atoms with van der Waals surface area (Å²) in [6.45, 7) is 3.41. The number of amides is 1. The Labute approximate surface area is 156 Å². The lowest BCUT2D eigenvalue weighted by Gasteiger charge is -2.11. The highest BCUT2D eigenvalue weighted by Crippen LogP contribution is 2.24. The summed E-state index contributed by atoms with van der Waals surface area (Å²) in [7, 11) is -3.97. The van der Waals surface area contributed by atoms with E-state index in [0.717, 1.165) is 11.1 Å². The van der Waals surface area contributed by atoms with Crippen LogP contribution in [0.4, 0.5) is 0 Å². The van der Waals surface area contributed by atoms with Crippen LogP contribution < -0.4 is 15.0 Å². The van der Waals surface area contributed by atoms with Crippen molar-refractivity contribution in [2.24, 2.45) is 0 Å². The Morgan fingerprint density at radius 1 is 1.08 bits per heavy atom. The lowest BCUT2D eigenvalue weighted by molar-refractivity contribution is -0.123. The van der Waals surface area contributed by atoms with Crippen molar-refractivity contribution in [1.29, 1.82) is 0 Å². The zero-order valence-electron chi connectivity index (χ0n) is 13.5. The number of nitrogens with one attached hydrogen (secondary N) is 2. The van der Waals surface area contributed by atoms with Crippen LogP contribution in [0.2, 0.25) is 10.0 Å². The van der Waals surface area contributed by atoms with Crippen molar-refractivity contribution in [3.8, 4) is 5.75 Å². The first-order valence-corrected chi connectivity index (χ1v) is 9.39. The van der Waals surface area contributed by atoms with E-state index < -0.39 is 15.9 Å². The summed E-state index contributed by atoms with van der Waals surface area (Å²) in [5.74, 6) is -0.0907. The largest absolute Gasteiger partial charge is 0.483 e. The number of benzene rings is 2. The quantitative estimate of drug-likeness (QED) is 0.727. The molecule has 134 valence electrons. The Hall–Kier alpha value is -1.80. The van der Waals surface area contributed by atoms with E-state index in [1.165, 1.54) is 18.2 Å². The van der Waals surface area contributed by atoms with Gasteiger partial charge in [-0.3, -0.25) is 10.2 Å². The molecule has 1 amide bonds. The molecule has 0 radical (unpaired) electrons. The maximum atomic E-state index is 12.1. The van der Waals surface area contributed by atoms with Crippen LogP contribution in [0.15, 0.2) is 41.3 Å². The summed E-state index contributed by atoms with van der Waals surface area (Å²) in [6.07, 6.45) is 0. The molecule has 0 spiro atoms. The van der Waals surface area contributed by atoms with E-state index in [2.05, 4.69) is 5.43 Å². The molecule has 0 saturated carbocycles. The summed E-state index contributed by atoms with van der Waals surface area (Å²) in [6, 6.07) is 9.40. The lowest BCUT2D eigenvalue weighted by Crippen LogP contribution is -2.43. The third-order valence-corrected chi connectivity index (χ3v) is 5.21. The van der Waals surface area contributed by atoms with Crippen molar-refractivity contribution in [1.82, 2.24) is 10.3 Å². The predicted octanol–water partition coefficient (Wildman–Crippen LogP) is 3.00. The summed E-state index contributed by atoms with van der Waals surface area (Å²) in [4.78, 5) is 13.6. The van der Waals surface area contributed by atoms with Crippen molar-refractivity contribution in [3.63, 3.8) is 0 Å². The number of carbonyl (C=O) groups excluding carboxylic acids is 1. The predicted molar refractivity (Wildman–Crippen MR) is 96.3 cm³/mol. The molecule has 0 heterocycles. The molecule has 2 N–H and O–H groups in total. The number of sulfonamides is 1. The molecule has 0 bridgehead atoms. The van der Waals surface area contributed by atoms with Crippen LogP contribution >= 0.6 is 23.2 Å². The van der Waals surface area contributed by atoms with Crippen LogP contribution in [-0.4, -0.2) is 20.9 Å². The van der Waals surface area contributed by atoms with Crippen LogP contribution in [0.1, 0.15) is 11.1 Å². The molecule has 0 fully saturated rings. The van der Waals surface area contributed by atoms with Crippen LogP contribution in [0.3, 0.4) is 0 Å². The molecule has 2 rings (SSSR count). The molecule has 0 unspecified atom stereocenters. The average molecular weight is 403 g/mol. The van der Waals surface area contributed by atoms with Gasteiger partial charge in [-0.2, -0.15) is 0 Å². The number of aryl methyl sites for hydroxylation is 2. The fourth-order valence-electron chi connectivity index (χ4n) is 1.87. The second-order valence-electron chi connectivity index (χ2n) is 5.29. The van der Waals surface area contributed by atoms with Crippen molar-refractivity contribution < 1.29 is 17.9 Å². The number of rotatable bonds is 6. The van der Waals surface area contributed by atoms with E-state index in [9.17, 15) is 13.2 Å². The van der Waals surface area contributed by atoms with E-state index in [0.29, 0.717) is 5.75 Å². The topological polar surface area (TPSA) is 84.5 Å². The van der Waals surface area contributed by atoms with Crippen molar-refractivity contribution in [2.75, 3.05) is 6.61 Å². The van der Waals surface area contributed by atoms with E-state index in [1.807, 2.05) is 30.8 Å². The number of carbonyl (C=O) groups is 1. The minimum absolute atomic E-state index is 0.0918. The van der Waals surface area contributed by atoms with Crippen LogP contribution in [0.25, 0.3) is 0 Å². The molecule has 9 heteroatoms. The molecule has 2 aromatic rings. The maximum Gasteiger partial charge on any atom is 0.272 e. The van der Waals surface area contributed by atoms with E-state index in [4.69, 9.17) is 27.9 Å². The smallest absolute Gasteiger partial charge is 0.272 e. The van der Waals surface area contributed by atoms with Gasteiger partial charge in [0.05, 0.1) is 14.9 Å². The number of halogens is 2. The summed E-state index contributed by atoms with van der Waals surface area (Å²) in [5, 5.41) is 0.320. The average Bonchev–Trinajstić information content (AvgIpc) is 2.56. The molecule has 0 saturated heterocycles. The van der Waals surface area contributed by atoms with Gasteiger partial charge in [-0.1, -0.05) is 35.3 Å². The van der Waals surface area contributed by atoms with Gasteiger partial charge in [-0.25, -0.2) is 8.42 Å². The van der Waals surface area contributed by atoms with Gasteiger partial charge in [0.25, 0.3) is 15.9 Å². The van der Waals surface area contributed by atoms with Gasteiger partial charge in [0.1, 0.15) is 5.75 Å². The molecular weight excluding hydrogens is 387 g/mol. The first kappa shape index (κ1) is 19.5. The highest BCUT2D eigenvalue weighted by atomic mass is 35.5. The van der Waals surface area contributed by atoms with Gasteiger partial charge in [0.2, 0.25) is 0 Å². The second-order valence-corrected chi connectivity index (χ2v) is 7.78. The highest BCUT2D eigenvalue weighted by Gasteiger charge is 2.16. The number of hydrogen-bond donors (Lipinski definition) is 2. The number of ether oxygens (including phenoxy) is 1. The normalized spacial score (nSPS) is 11.2. The standard InChI is InChI=1S/C16H16Cl2N2O4S/c1-10-3-4-11(2)15(7-10)24-9-16(21)19-20-25(22,23)12-5-6-13(17)14(18)8-12/h3-8,20H,9H2,1-2H3,(H,19,21). The zero-order chi connectivity index (χ0) is 18.6. The Kier molecular flexibility index (Phi) is 6.29. The second kappa shape index (κ2) is 8.05. The third-order valence-electron chi connectivity index (χ3n) is 3.23. The first-order valence-electron chi connectivity index (χ1n) is 7.15. The molecule has 0 aliphatic rings. The summed E-state index contributed by atoms with van der Waals surface area (Å²) >= 11 is 11.5. The van der Waals surface area contributed by atoms with Crippen molar-refractivity contribution in [2.45, 2.75) is 18.7 Å².